The summed E-state index contributed by atoms with van der Waals surface area (Å²) < 4.78 is 23.0. The van der Waals surface area contributed by atoms with Gasteiger partial charge in [0.1, 0.15) is 5.58 Å². The summed E-state index contributed by atoms with van der Waals surface area (Å²) in [5.41, 5.74) is 3.84. The number of hydrogen-bond donors (Lipinski definition) is 1. The number of rotatable bonds is 7. The SMILES string of the molecule is COc1ccc(-c2oc3cc(C)c(Cl)cc3c(=O)c2OC(C)C(=O)Nc2ccc(C)cc2C)cc1OC. The van der Waals surface area contributed by atoms with Gasteiger partial charge in [-0.05, 0) is 75.2 Å². The van der Waals surface area contributed by atoms with Crippen molar-refractivity contribution in [3.63, 3.8) is 0 Å². The van der Waals surface area contributed by atoms with E-state index in [1.165, 1.54) is 14.2 Å². The minimum Gasteiger partial charge on any atom is -0.493 e. The molecule has 192 valence electrons. The zero-order chi connectivity index (χ0) is 26.9. The predicted octanol–water partition coefficient (Wildman–Crippen LogP) is 6.46. The fourth-order valence-electron chi connectivity index (χ4n) is 3.99. The number of anilines is 1. The van der Waals surface area contributed by atoms with E-state index in [0.717, 1.165) is 16.7 Å². The zero-order valence-corrected chi connectivity index (χ0v) is 22.3. The van der Waals surface area contributed by atoms with Gasteiger partial charge >= 0.3 is 0 Å². The Balaban J connectivity index is 1.80. The van der Waals surface area contributed by atoms with Crippen LogP contribution in [-0.2, 0) is 4.79 Å². The maximum atomic E-state index is 13.6. The third-order valence-electron chi connectivity index (χ3n) is 6.08. The van der Waals surface area contributed by atoms with Crippen LogP contribution in [0.4, 0.5) is 5.69 Å². The molecule has 4 aromatic rings. The third kappa shape index (κ3) is 5.27. The number of aryl methyl sites for hydroxylation is 3. The third-order valence-corrected chi connectivity index (χ3v) is 6.49. The highest BCUT2D eigenvalue weighted by molar-refractivity contribution is 6.32. The average molecular weight is 522 g/mol. The first-order chi connectivity index (χ1) is 17.6. The first kappa shape index (κ1) is 26.1. The number of carbonyl (C=O) groups excluding carboxylic acids is 1. The summed E-state index contributed by atoms with van der Waals surface area (Å²) in [7, 11) is 3.05. The summed E-state index contributed by atoms with van der Waals surface area (Å²) in [6.45, 7) is 7.28. The Morgan fingerprint density at radius 2 is 1.68 bits per heavy atom. The smallest absolute Gasteiger partial charge is 0.265 e. The van der Waals surface area contributed by atoms with Crippen LogP contribution in [0.5, 0.6) is 17.2 Å². The number of carbonyl (C=O) groups is 1. The van der Waals surface area contributed by atoms with E-state index in [4.69, 9.17) is 30.2 Å². The van der Waals surface area contributed by atoms with Crippen LogP contribution in [0.1, 0.15) is 23.6 Å². The molecule has 1 N–H and O–H groups in total. The number of fused-ring (bicyclic) bond motifs is 1. The van der Waals surface area contributed by atoms with E-state index in [1.54, 1.807) is 37.3 Å². The van der Waals surface area contributed by atoms with Crippen LogP contribution < -0.4 is 25.0 Å². The molecule has 0 saturated carbocycles. The Morgan fingerprint density at radius 3 is 2.35 bits per heavy atom. The van der Waals surface area contributed by atoms with Crippen LogP contribution >= 0.6 is 11.6 Å². The molecule has 0 aliphatic rings. The molecule has 1 aromatic heterocycles. The number of hydrogen-bond acceptors (Lipinski definition) is 6. The van der Waals surface area contributed by atoms with Crippen molar-refractivity contribution in [2.24, 2.45) is 0 Å². The average Bonchev–Trinajstić information content (AvgIpc) is 2.87. The standard InChI is InChI=1S/C29H28ClNO6/c1-15-7-9-22(17(3)11-15)31-29(33)18(4)36-28-26(32)20-14-21(30)16(2)12-24(20)37-27(28)19-8-10-23(34-5)25(13-19)35-6/h7-14,18H,1-6H3,(H,31,33). The monoisotopic (exact) mass is 521 g/mol. The first-order valence-corrected chi connectivity index (χ1v) is 12.0. The second kappa shape index (κ2) is 10.6. The van der Waals surface area contributed by atoms with Crippen molar-refractivity contribution in [3.8, 4) is 28.6 Å². The molecule has 0 aliphatic carbocycles. The molecule has 8 heteroatoms. The van der Waals surface area contributed by atoms with Crippen LogP contribution in [0.3, 0.4) is 0 Å². The van der Waals surface area contributed by atoms with Gasteiger partial charge < -0.3 is 23.9 Å². The topological polar surface area (TPSA) is 87.0 Å². The number of amides is 1. The van der Waals surface area contributed by atoms with Crippen LogP contribution in [0, 0.1) is 20.8 Å². The van der Waals surface area contributed by atoms with Gasteiger partial charge in [-0.3, -0.25) is 9.59 Å². The van der Waals surface area contributed by atoms with Crippen molar-refractivity contribution in [2.75, 3.05) is 19.5 Å². The molecular formula is C29H28ClNO6. The van der Waals surface area contributed by atoms with Crippen LogP contribution in [0.15, 0.2) is 57.7 Å². The van der Waals surface area contributed by atoms with Gasteiger partial charge in [0.15, 0.2) is 23.4 Å². The lowest BCUT2D eigenvalue weighted by atomic mass is 10.1. The highest BCUT2D eigenvalue weighted by Gasteiger charge is 2.24. The Labute approximate surface area is 219 Å². The van der Waals surface area contributed by atoms with E-state index < -0.39 is 17.4 Å². The maximum absolute atomic E-state index is 13.6. The highest BCUT2D eigenvalue weighted by Crippen LogP contribution is 2.37. The number of benzene rings is 3. The maximum Gasteiger partial charge on any atom is 0.265 e. The molecule has 37 heavy (non-hydrogen) atoms. The molecule has 0 saturated heterocycles. The van der Waals surface area contributed by atoms with Gasteiger partial charge in [0.05, 0.1) is 19.6 Å². The van der Waals surface area contributed by atoms with E-state index in [2.05, 4.69) is 5.32 Å². The van der Waals surface area contributed by atoms with E-state index in [-0.39, 0.29) is 16.9 Å². The van der Waals surface area contributed by atoms with Gasteiger partial charge in [-0.15, -0.1) is 0 Å². The Bertz CT molecular complexity index is 1560. The molecule has 0 aliphatic heterocycles. The van der Waals surface area contributed by atoms with Crippen molar-refractivity contribution in [1.29, 1.82) is 0 Å². The van der Waals surface area contributed by atoms with Gasteiger partial charge in [-0.25, -0.2) is 0 Å². The van der Waals surface area contributed by atoms with Crippen molar-refractivity contribution >= 4 is 34.2 Å². The van der Waals surface area contributed by atoms with Gasteiger partial charge in [-0.2, -0.15) is 0 Å². The van der Waals surface area contributed by atoms with Gasteiger partial charge in [0.25, 0.3) is 5.91 Å². The van der Waals surface area contributed by atoms with E-state index in [0.29, 0.717) is 33.4 Å². The molecule has 1 amide bonds. The summed E-state index contributed by atoms with van der Waals surface area (Å²) >= 11 is 6.30. The van der Waals surface area contributed by atoms with E-state index in [1.807, 2.05) is 39.0 Å². The van der Waals surface area contributed by atoms with Crippen LogP contribution in [-0.4, -0.2) is 26.2 Å². The molecule has 0 radical (unpaired) electrons. The zero-order valence-electron chi connectivity index (χ0n) is 21.5. The lowest BCUT2D eigenvalue weighted by Crippen LogP contribution is -2.32. The fraction of sp³-hybridized carbons (Fsp3) is 0.241. The Kier molecular flexibility index (Phi) is 7.45. The lowest BCUT2D eigenvalue weighted by molar-refractivity contribution is -0.122. The Hall–Kier alpha value is -3.97. The second-order valence-electron chi connectivity index (χ2n) is 8.82. The van der Waals surface area contributed by atoms with Crippen molar-refractivity contribution in [3.05, 3.63) is 80.5 Å². The van der Waals surface area contributed by atoms with Crippen molar-refractivity contribution in [2.45, 2.75) is 33.8 Å². The van der Waals surface area contributed by atoms with Gasteiger partial charge in [-0.1, -0.05) is 29.3 Å². The Morgan fingerprint density at radius 1 is 0.946 bits per heavy atom. The van der Waals surface area contributed by atoms with Crippen molar-refractivity contribution < 1.29 is 23.4 Å². The molecule has 0 bridgehead atoms. The summed E-state index contributed by atoms with van der Waals surface area (Å²) in [5.74, 6) is 0.600. The minimum atomic E-state index is -1.01. The van der Waals surface area contributed by atoms with Crippen LogP contribution in [0.25, 0.3) is 22.3 Å². The normalized spacial score (nSPS) is 11.8. The molecule has 0 spiro atoms. The fourth-order valence-corrected chi connectivity index (χ4v) is 4.16. The number of ether oxygens (including phenoxy) is 3. The van der Waals surface area contributed by atoms with E-state index >= 15 is 0 Å². The molecule has 3 aromatic carbocycles. The highest BCUT2D eigenvalue weighted by atomic mass is 35.5. The summed E-state index contributed by atoms with van der Waals surface area (Å²) in [6, 6.07) is 14.1. The minimum absolute atomic E-state index is 0.108. The molecule has 1 heterocycles. The predicted molar refractivity (Wildman–Crippen MR) is 145 cm³/mol. The number of halogens is 1. The first-order valence-electron chi connectivity index (χ1n) is 11.7. The van der Waals surface area contributed by atoms with Crippen molar-refractivity contribution in [1.82, 2.24) is 0 Å². The summed E-state index contributed by atoms with van der Waals surface area (Å²) in [4.78, 5) is 26.7. The van der Waals surface area contributed by atoms with Crippen LogP contribution in [0.2, 0.25) is 5.02 Å². The molecule has 0 fully saturated rings. The number of nitrogens with one attached hydrogen (secondary N) is 1. The molecule has 4 rings (SSSR count). The lowest BCUT2D eigenvalue weighted by Gasteiger charge is -2.18. The molecule has 1 atom stereocenters. The molecular weight excluding hydrogens is 494 g/mol. The van der Waals surface area contributed by atoms with E-state index in [9.17, 15) is 9.59 Å². The molecule has 7 nitrogen and oxygen atoms in total. The van der Waals surface area contributed by atoms with Gasteiger partial charge in [0, 0.05) is 16.3 Å². The summed E-state index contributed by atoms with van der Waals surface area (Å²) in [5, 5.41) is 3.54. The summed E-state index contributed by atoms with van der Waals surface area (Å²) in [6.07, 6.45) is -1.01. The largest absolute Gasteiger partial charge is 0.493 e. The molecule has 1 unspecified atom stereocenters. The van der Waals surface area contributed by atoms with Gasteiger partial charge in [0.2, 0.25) is 11.2 Å². The quantitative estimate of drug-likeness (QED) is 0.300. The number of methoxy groups -OCH3 is 2. The second-order valence-corrected chi connectivity index (χ2v) is 9.23.